The molecular weight excluding hydrogens is 498 g/mol. The van der Waals surface area contributed by atoms with E-state index in [2.05, 4.69) is 32.8 Å². The molecule has 190 valence electrons. The van der Waals surface area contributed by atoms with Gasteiger partial charge in [0.05, 0.1) is 17.5 Å². The van der Waals surface area contributed by atoms with E-state index in [1.54, 1.807) is 12.1 Å². The molecule has 7 nitrogen and oxygen atoms in total. The summed E-state index contributed by atoms with van der Waals surface area (Å²) in [4.78, 5) is 18.4. The number of halogens is 1. The van der Waals surface area contributed by atoms with Gasteiger partial charge in [-0.15, -0.1) is 0 Å². The number of esters is 1. The highest BCUT2D eigenvalue weighted by Crippen LogP contribution is 2.25. The summed E-state index contributed by atoms with van der Waals surface area (Å²) < 4.78 is 33.5. The molecule has 0 aliphatic carbocycles. The van der Waals surface area contributed by atoms with Crippen molar-refractivity contribution in [2.75, 3.05) is 13.7 Å². The third-order valence-corrected chi connectivity index (χ3v) is 8.05. The summed E-state index contributed by atoms with van der Waals surface area (Å²) >= 11 is 5.92. The average molecular weight is 528 g/mol. The number of hydrogen-bond acceptors (Lipinski definition) is 6. The second kappa shape index (κ2) is 12.0. The first-order valence-corrected chi connectivity index (χ1v) is 13.8. The number of carbonyl (C=O) groups is 1. The first kappa shape index (κ1) is 26.3. The molecule has 1 aliphatic rings. The molecule has 9 heteroatoms. The molecule has 3 aromatic rings. The Morgan fingerprint density at radius 1 is 1.22 bits per heavy atom. The van der Waals surface area contributed by atoms with Crippen LogP contribution < -0.4 is 4.72 Å². The number of likely N-dealkylation sites (tertiary alicyclic amines) is 1. The molecular formula is C27H30ClN3O4S. The Bertz CT molecular complexity index is 1330. The lowest BCUT2D eigenvalue weighted by Gasteiger charge is -2.22. The number of para-hydroxylation sites is 1. The van der Waals surface area contributed by atoms with Crippen molar-refractivity contribution in [1.29, 1.82) is 0 Å². The molecule has 1 aliphatic heterocycles. The van der Waals surface area contributed by atoms with Crippen LogP contribution >= 0.6 is 11.6 Å². The lowest BCUT2D eigenvalue weighted by Crippen LogP contribution is -2.37. The van der Waals surface area contributed by atoms with Gasteiger partial charge in [0.25, 0.3) is 0 Å². The molecule has 2 aromatic carbocycles. The van der Waals surface area contributed by atoms with Gasteiger partial charge in [-0.3, -0.25) is 14.7 Å². The topological polar surface area (TPSA) is 88.6 Å². The maximum atomic E-state index is 13.0. The van der Waals surface area contributed by atoms with E-state index in [0.29, 0.717) is 37.4 Å². The fourth-order valence-electron chi connectivity index (χ4n) is 4.46. The quantitative estimate of drug-likeness (QED) is 0.233. The van der Waals surface area contributed by atoms with Gasteiger partial charge in [0.1, 0.15) is 0 Å². The van der Waals surface area contributed by atoms with Crippen LogP contribution in [0.4, 0.5) is 0 Å². The summed E-state index contributed by atoms with van der Waals surface area (Å²) in [5.74, 6) is -0.216. The molecule has 1 saturated heterocycles. The fourth-order valence-corrected chi connectivity index (χ4v) is 5.83. The van der Waals surface area contributed by atoms with Crippen LogP contribution in [0.1, 0.15) is 31.2 Å². The maximum absolute atomic E-state index is 13.0. The first-order valence-electron chi connectivity index (χ1n) is 11.9. The second-order valence-corrected chi connectivity index (χ2v) is 11.1. The average Bonchev–Trinajstić information content (AvgIpc) is 3.23. The predicted molar refractivity (Wildman–Crippen MR) is 141 cm³/mol. The number of sulfonamides is 1. The number of fused-ring (bicyclic) bond motifs is 1. The van der Waals surface area contributed by atoms with Crippen molar-refractivity contribution in [3.63, 3.8) is 0 Å². The van der Waals surface area contributed by atoms with E-state index in [0.717, 1.165) is 22.9 Å². The highest BCUT2D eigenvalue weighted by molar-refractivity contribution is 7.89. The number of methoxy groups -OCH3 is 1. The predicted octanol–water partition coefficient (Wildman–Crippen LogP) is 4.71. The van der Waals surface area contributed by atoms with E-state index in [9.17, 15) is 13.2 Å². The maximum Gasteiger partial charge on any atom is 0.305 e. The van der Waals surface area contributed by atoms with Crippen molar-refractivity contribution in [3.8, 4) is 0 Å². The summed E-state index contributed by atoms with van der Waals surface area (Å²) in [7, 11) is -2.28. The number of allylic oxidation sites excluding steroid dienone is 1. The van der Waals surface area contributed by atoms with E-state index in [1.165, 1.54) is 19.2 Å². The third-order valence-electron chi connectivity index (χ3n) is 6.27. The number of pyridine rings is 1. The molecule has 0 radical (unpaired) electrons. The zero-order valence-corrected chi connectivity index (χ0v) is 21.7. The SMILES string of the molecule is COC(=O)CCCC=C[C@@H]1C[C@@H](NS(=O)(=O)c2ccc(Cl)cc2)CN1Cc1cnc2ccccc2c1. The van der Waals surface area contributed by atoms with Crippen LogP contribution in [-0.4, -0.2) is 50.0 Å². The summed E-state index contributed by atoms with van der Waals surface area (Å²) in [6.45, 7) is 1.21. The van der Waals surface area contributed by atoms with Crippen LogP contribution in [0.3, 0.4) is 0 Å². The van der Waals surface area contributed by atoms with Gasteiger partial charge in [0, 0.05) is 48.2 Å². The van der Waals surface area contributed by atoms with Crippen LogP contribution in [0.2, 0.25) is 5.02 Å². The van der Waals surface area contributed by atoms with Crippen LogP contribution in [0.5, 0.6) is 0 Å². The summed E-state index contributed by atoms with van der Waals surface area (Å²) in [6, 6.07) is 16.1. The largest absolute Gasteiger partial charge is 0.469 e. The van der Waals surface area contributed by atoms with Crippen LogP contribution in [0.25, 0.3) is 10.9 Å². The molecule has 0 spiro atoms. The summed E-state index contributed by atoms with van der Waals surface area (Å²) in [5, 5.41) is 1.56. The minimum atomic E-state index is -3.67. The highest BCUT2D eigenvalue weighted by atomic mass is 35.5. The van der Waals surface area contributed by atoms with Gasteiger partial charge in [-0.2, -0.15) is 0 Å². The van der Waals surface area contributed by atoms with E-state index in [4.69, 9.17) is 16.3 Å². The zero-order chi connectivity index (χ0) is 25.5. The van der Waals surface area contributed by atoms with Crippen molar-refractivity contribution >= 4 is 38.5 Å². The van der Waals surface area contributed by atoms with Crippen LogP contribution in [0, 0.1) is 0 Å². The smallest absolute Gasteiger partial charge is 0.305 e. The normalized spacial score (nSPS) is 18.7. The van der Waals surface area contributed by atoms with Gasteiger partial charge in [-0.1, -0.05) is 42.0 Å². The second-order valence-electron chi connectivity index (χ2n) is 8.94. The number of unbranched alkanes of at least 4 members (excludes halogenated alkanes) is 1. The molecule has 0 bridgehead atoms. The number of rotatable bonds is 10. The Kier molecular flexibility index (Phi) is 8.74. The molecule has 1 fully saturated rings. The molecule has 1 aromatic heterocycles. The number of hydrogen-bond donors (Lipinski definition) is 1. The number of benzene rings is 2. The number of aromatic nitrogens is 1. The first-order chi connectivity index (χ1) is 17.3. The Morgan fingerprint density at radius 3 is 2.78 bits per heavy atom. The highest BCUT2D eigenvalue weighted by Gasteiger charge is 2.33. The Hall–Kier alpha value is -2.78. The molecule has 2 heterocycles. The van der Waals surface area contributed by atoms with E-state index < -0.39 is 10.0 Å². The molecule has 0 unspecified atom stereocenters. The van der Waals surface area contributed by atoms with Gasteiger partial charge in [0.2, 0.25) is 10.0 Å². The Labute approximate surface area is 217 Å². The van der Waals surface area contributed by atoms with Crippen LogP contribution in [-0.2, 0) is 26.1 Å². The van der Waals surface area contributed by atoms with E-state index in [1.807, 2.05) is 30.5 Å². The van der Waals surface area contributed by atoms with E-state index >= 15 is 0 Å². The van der Waals surface area contributed by atoms with Gasteiger partial charge in [-0.05, 0) is 61.2 Å². The van der Waals surface area contributed by atoms with Crippen LogP contribution in [0.15, 0.2) is 77.8 Å². The molecule has 0 amide bonds. The van der Waals surface area contributed by atoms with Gasteiger partial charge >= 0.3 is 5.97 Å². The Balaban J connectivity index is 1.47. The number of nitrogens with one attached hydrogen (secondary N) is 1. The summed E-state index contributed by atoms with van der Waals surface area (Å²) in [6.07, 6.45) is 8.53. The number of carbonyl (C=O) groups excluding carboxylic acids is 1. The fraction of sp³-hybridized carbons (Fsp3) is 0.333. The monoisotopic (exact) mass is 527 g/mol. The standard InChI is InChI=1S/C27H30ClN3O4S/c1-35-27(32)10-4-2-3-8-24-16-23(30-36(33,34)25-13-11-22(28)12-14-25)19-31(24)18-20-15-21-7-5-6-9-26(21)29-17-20/h3,5-9,11-15,17,23-24,30H,2,4,10,16,18-19H2,1H3/t23-,24-/m1/s1. The van der Waals surface area contributed by atoms with E-state index in [-0.39, 0.29) is 22.9 Å². The molecule has 4 rings (SSSR count). The van der Waals surface area contributed by atoms with Gasteiger partial charge in [0.15, 0.2) is 0 Å². The van der Waals surface area contributed by atoms with Gasteiger partial charge < -0.3 is 4.74 Å². The lowest BCUT2D eigenvalue weighted by atomic mass is 10.1. The number of ether oxygens (including phenoxy) is 1. The molecule has 2 atom stereocenters. The van der Waals surface area contributed by atoms with Gasteiger partial charge in [-0.25, -0.2) is 13.1 Å². The van der Waals surface area contributed by atoms with Crippen molar-refractivity contribution in [2.45, 2.75) is 49.2 Å². The molecule has 36 heavy (non-hydrogen) atoms. The number of nitrogens with zero attached hydrogens (tertiary/aromatic N) is 2. The minimum Gasteiger partial charge on any atom is -0.469 e. The summed E-state index contributed by atoms with van der Waals surface area (Å²) in [5.41, 5.74) is 2.01. The van der Waals surface area contributed by atoms with Crippen molar-refractivity contribution in [2.24, 2.45) is 0 Å². The third kappa shape index (κ3) is 6.91. The molecule has 1 N–H and O–H groups in total. The molecule has 0 saturated carbocycles. The Morgan fingerprint density at radius 2 is 2.00 bits per heavy atom. The van der Waals surface area contributed by atoms with Crippen molar-refractivity contribution < 1.29 is 17.9 Å². The minimum absolute atomic E-state index is 0.0486. The van der Waals surface area contributed by atoms with Crippen molar-refractivity contribution in [3.05, 3.63) is 83.5 Å². The zero-order valence-electron chi connectivity index (χ0n) is 20.1. The lowest BCUT2D eigenvalue weighted by molar-refractivity contribution is -0.140. The van der Waals surface area contributed by atoms with Crippen molar-refractivity contribution in [1.82, 2.24) is 14.6 Å².